The molecular weight excluding hydrogens is 437 g/mol. The van der Waals surface area contributed by atoms with Gasteiger partial charge in [0, 0.05) is 31.8 Å². The Kier molecular flexibility index (Phi) is 11.3. The van der Waals surface area contributed by atoms with Gasteiger partial charge in [-0.3, -0.25) is 4.99 Å². The molecule has 0 saturated carbocycles. The molecule has 5 nitrogen and oxygen atoms in total. The Bertz CT molecular complexity index is 618. The lowest BCUT2D eigenvalue weighted by Gasteiger charge is -2.14. The Morgan fingerprint density at radius 2 is 2.00 bits per heavy atom. The smallest absolute Gasteiger partial charge is 0.191 e. The predicted octanol–water partition coefficient (Wildman–Crippen LogP) is 2.71. The van der Waals surface area contributed by atoms with Crippen LogP contribution in [-0.4, -0.2) is 46.0 Å². The van der Waals surface area contributed by atoms with E-state index in [2.05, 4.69) is 53.7 Å². The first kappa shape index (κ1) is 23.2. The van der Waals surface area contributed by atoms with Crippen molar-refractivity contribution in [3.63, 3.8) is 0 Å². The molecule has 0 aromatic heterocycles. The summed E-state index contributed by atoms with van der Waals surface area (Å²) in [6, 6.07) is 8.47. The SMILES string of the molecule is CCNC(=NCC(C)c1cccc(C)c1)NCCCS(C)(=O)=O.I. The normalized spacial score (nSPS) is 13.1. The van der Waals surface area contributed by atoms with Crippen LogP contribution < -0.4 is 10.6 Å². The average molecular weight is 467 g/mol. The van der Waals surface area contributed by atoms with Crippen molar-refractivity contribution in [1.82, 2.24) is 10.6 Å². The molecule has 0 aliphatic rings. The Morgan fingerprint density at radius 1 is 1.29 bits per heavy atom. The van der Waals surface area contributed by atoms with Crippen molar-refractivity contribution in [2.24, 2.45) is 4.99 Å². The highest BCUT2D eigenvalue weighted by Gasteiger charge is 2.06. The van der Waals surface area contributed by atoms with Gasteiger partial charge in [-0.05, 0) is 25.8 Å². The minimum atomic E-state index is -2.90. The zero-order valence-electron chi connectivity index (χ0n) is 15.0. The summed E-state index contributed by atoms with van der Waals surface area (Å²) in [5.74, 6) is 1.26. The van der Waals surface area contributed by atoms with Crippen LogP contribution in [0.1, 0.15) is 37.3 Å². The van der Waals surface area contributed by atoms with Crippen molar-refractivity contribution in [1.29, 1.82) is 0 Å². The van der Waals surface area contributed by atoms with Crippen molar-refractivity contribution in [3.8, 4) is 0 Å². The molecule has 1 aromatic carbocycles. The molecular formula is C17H30IN3O2S. The van der Waals surface area contributed by atoms with Gasteiger partial charge in [0.05, 0.1) is 5.75 Å². The third-order valence-electron chi connectivity index (χ3n) is 3.46. The lowest BCUT2D eigenvalue weighted by Crippen LogP contribution is -2.38. The number of nitrogens with one attached hydrogen (secondary N) is 2. The molecule has 0 aliphatic heterocycles. The molecule has 138 valence electrons. The van der Waals surface area contributed by atoms with E-state index in [-0.39, 0.29) is 29.7 Å². The number of halogens is 1. The summed E-state index contributed by atoms with van der Waals surface area (Å²) in [6.45, 7) is 8.31. The van der Waals surface area contributed by atoms with Gasteiger partial charge in [0.2, 0.25) is 0 Å². The predicted molar refractivity (Wildman–Crippen MR) is 113 cm³/mol. The highest BCUT2D eigenvalue weighted by atomic mass is 127. The second-order valence-electron chi connectivity index (χ2n) is 5.95. The first-order valence-corrected chi connectivity index (χ1v) is 10.1. The molecule has 0 spiro atoms. The fourth-order valence-electron chi connectivity index (χ4n) is 2.19. The highest BCUT2D eigenvalue weighted by molar-refractivity contribution is 14.0. The fraction of sp³-hybridized carbons (Fsp3) is 0.588. The van der Waals surface area contributed by atoms with Gasteiger partial charge in [0.25, 0.3) is 0 Å². The van der Waals surface area contributed by atoms with Crippen LogP contribution in [0.2, 0.25) is 0 Å². The molecule has 1 atom stereocenters. The largest absolute Gasteiger partial charge is 0.357 e. The highest BCUT2D eigenvalue weighted by Crippen LogP contribution is 2.16. The van der Waals surface area contributed by atoms with Crippen LogP contribution in [0.4, 0.5) is 0 Å². The van der Waals surface area contributed by atoms with Crippen LogP contribution in [-0.2, 0) is 9.84 Å². The van der Waals surface area contributed by atoms with Gasteiger partial charge in [-0.15, -0.1) is 24.0 Å². The van der Waals surface area contributed by atoms with E-state index in [1.54, 1.807) is 0 Å². The Morgan fingerprint density at radius 3 is 2.58 bits per heavy atom. The van der Waals surface area contributed by atoms with E-state index in [1.807, 2.05) is 6.92 Å². The zero-order chi connectivity index (χ0) is 17.3. The standard InChI is InChI=1S/C17H29N3O2S.HI/c1-5-18-17(19-10-7-11-23(4,21)22)20-13-15(3)16-9-6-8-14(2)12-16;/h6,8-9,12,15H,5,7,10-11,13H2,1-4H3,(H2,18,19,20);1H. The molecule has 2 N–H and O–H groups in total. The third-order valence-corrected chi connectivity index (χ3v) is 4.49. The van der Waals surface area contributed by atoms with Crippen LogP contribution in [0.3, 0.4) is 0 Å². The van der Waals surface area contributed by atoms with Gasteiger partial charge >= 0.3 is 0 Å². The first-order valence-electron chi connectivity index (χ1n) is 8.08. The van der Waals surface area contributed by atoms with E-state index in [0.29, 0.717) is 25.4 Å². The number of hydrogen-bond acceptors (Lipinski definition) is 3. The number of nitrogens with zero attached hydrogens (tertiary/aromatic N) is 1. The van der Waals surface area contributed by atoms with E-state index in [0.717, 1.165) is 12.5 Å². The van der Waals surface area contributed by atoms with E-state index in [1.165, 1.54) is 17.4 Å². The van der Waals surface area contributed by atoms with Gasteiger partial charge < -0.3 is 10.6 Å². The van der Waals surface area contributed by atoms with Crippen molar-refractivity contribution < 1.29 is 8.42 Å². The van der Waals surface area contributed by atoms with Crippen LogP contribution in [0.5, 0.6) is 0 Å². The van der Waals surface area contributed by atoms with Crippen molar-refractivity contribution in [2.45, 2.75) is 33.1 Å². The molecule has 1 unspecified atom stereocenters. The molecule has 0 amide bonds. The van der Waals surface area contributed by atoms with Gasteiger partial charge in [-0.25, -0.2) is 8.42 Å². The minimum Gasteiger partial charge on any atom is -0.357 e. The molecule has 0 heterocycles. The van der Waals surface area contributed by atoms with Gasteiger partial charge in [-0.1, -0.05) is 36.8 Å². The van der Waals surface area contributed by atoms with Crippen molar-refractivity contribution in [2.75, 3.05) is 31.6 Å². The average Bonchev–Trinajstić information content (AvgIpc) is 2.47. The van der Waals surface area contributed by atoms with E-state index >= 15 is 0 Å². The summed E-state index contributed by atoms with van der Waals surface area (Å²) in [4.78, 5) is 4.60. The summed E-state index contributed by atoms with van der Waals surface area (Å²) in [7, 11) is -2.90. The first-order chi connectivity index (χ1) is 10.8. The van der Waals surface area contributed by atoms with Crippen molar-refractivity contribution in [3.05, 3.63) is 35.4 Å². The van der Waals surface area contributed by atoms with Gasteiger partial charge in [0.1, 0.15) is 9.84 Å². The Hall–Kier alpha value is -0.830. The molecule has 0 fully saturated rings. The quantitative estimate of drug-likeness (QED) is 0.267. The lowest BCUT2D eigenvalue weighted by molar-refractivity contribution is 0.598. The summed E-state index contributed by atoms with van der Waals surface area (Å²) >= 11 is 0. The number of rotatable bonds is 8. The number of aliphatic imine (C=N–C) groups is 1. The second kappa shape index (κ2) is 11.7. The van der Waals surface area contributed by atoms with E-state index < -0.39 is 9.84 Å². The van der Waals surface area contributed by atoms with Crippen LogP contribution in [0.25, 0.3) is 0 Å². The van der Waals surface area contributed by atoms with Gasteiger partial charge in [0.15, 0.2) is 5.96 Å². The molecule has 0 bridgehead atoms. The maximum atomic E-state index is 11.1. The lowest BCUT2D eigenvalue weighted by atomic mass is 10.00. The monoisotopic (exact) mass is 467 g/mol. The van der Waals surface area contributed by atoms with Crippen molar-refractivity contribution >= 4 is 39.8 Å². The maximum absolute atomic E-state index is 11.1. The summed E-state index contributed by atoms with van der Waals surface area (Å²) in [5, 5.41) is 6.37. The summed E-state index contributed by atoms with van der Waals surface area (Å²) in [5.41, 5.74) is 2.53. The van der Waals surface area contributed by atoms with E-state index in [4.69, 9.17) is 0 Å². The molecule has 24 heavy (non-hydrogen) atoms. The fourth-order valence-corrected chi connectivity index (χ4v) is 2.86. The molecule has 0 saturated heterocycles. The molecule has 0 aliphatic carbocycles. The number of benzene rings is 1. The van der Waals surface area contributed by atoms with Crippen LogP contribution in [0.15, 0.2) is 29.3 Å². The number of hydrogen-bond donors (Lipinski definition) is 2. The maximum Gasteiger partial charge on any atom is 0.191 e. The Balaban J connectivity index is 0.00000529. The number of aryl methyl sites for hydroxylation is 1. The third kappa shape index (κ3) is 10.1. The molecule has 0 radical (unpaired) electrons. The summed E-state index contributed by atoms with van der Waals surface area (Å²) < 4.78 is 22.3. The van der Waals surface area contributed by atoms with Crippen LogP contribution >= 0.6 is 24.0 Å². The van der Waals surface area contributed by atoms with Crippen LogP contribution in [0, 0.1) is 6.92 Å². The zero-order valence-corrected chi connectivity index (χ0v) is 18.1. The molecule has 1 aromatic rings. The second-order valence-corrected chi connectivity index (χ2v) is 8.20. The molecule has 1 rings (SSSR count). The Labute approximate surface area is 163 Å². The minimum absolute atomic E-state index is 0. The molecule has 7 heteroatoms. The topological polar surface area (TPSA) is 70.6 Å². The van der Waals surface area contributed by atoms with E-state index in [9.17, 15) is 8.42 Å². The number of sulfone groups is 1. The van der Waals surface area contributed by atoms with Gasteiger partial charge in [-0.2, -0.15) is 0 Å². The summed E-state index contributed by atoms with van der Waals surface area (Å²) in [6.07, 6.45) is 1.84. The number of guanidine groups is 1.